The zero-order chi connectivity index (χ0) is 13.4. The van der Waals surface area contributed by atoms with Crippen LogP contribution in [0.25, 0.3) is 0 Å². The van der Waals surface area contributed by atoms with Crippen LogP contribution in [0.3, 0.4) is 0 Å². The molecule has 18 heavy (non-hydrogen) atoms. The highest BCUT2D eigenvalue weighted by Gasteiger charge is 2.37. The molecule has 0 radical (unpaired) electrons. The van der Waals surface area contributed by atoms with Crippen molar-refractivity contribution < 1.29 is 16.8 Å². The van der Waals surface area contributed by atoms with Crippen LogP contribution in [-0.2, 0) is 19.9 Å². The molecule has 0 saturated carbocycles. The number of benzene rings is 1. The lowest BCUT2D eigenvalue weighted by Crippen LogP contribution is -2.28. The van der Waals surface area contributed by atoms with Crippen LogP contribution in [0.15, 0.2) is 24.3 Å². The van der Waals surface area contributed by atoms with Gasteiger partial charge in [-0.25, -0.2) is 16.8 Å². The molecular formula is C10H12ClNO4S2. The first kappa shape index (κ1) is 13.6. The summed E-state index contributed by atoms with van der Waals surface area (Å²) in [5.74, 6) is -0.409. The molecule has 1 heterocycles. The Bertz CT molecular complexity index is 654. The molecule has 1 atom stereocenters. The molecule has 0 spiro atoms. The van der Waals surface area contributed by atoms with Gasteiger partial charge in [0.05, 0.1) is 27.5 Å². The van der Waals surface area contributed by atoms with Gasteiger partial charge in [-0.2, -0.15) is 0 Å². The molecule has 0 amide bonds. The molecule has 0 unspecified atom stereocenters. The largest absolute Gasteiger partial charge is 0.282 e. The highest BCUT2D eigenvalue weighted by Crippen LogP contribution is 2.25. The van der Waals surface area contributed by atoms with Crippen molar-refractivity contribution in [1.82, 2.24) is 0 Å². The van der Waals surface area contributed by atoms with E-state index >= 15 is 0 Å². The van der Waals surface area contributed by atoms with E-state index in [1.54, 1.807) is 18.2 Å². The van der Waals surface area contributed by atoms with E-state index in [-0.39, 0.29) is 28.6 Å². The molecule has 0 bridgehead atoms. The quantitative estimate of drug-likeness (QED) is 0.911. The van der Waals surface area contributed by atoms with Gasteiger partial charge in [-0.3, -0.25) is 4.72 Å². The number of nitrogens with one attached hydrogen (secondary N) is 1. The van der Waals surface area contributed by atoms with Gasteiger partial charge >= 0.3 is 0 Å². The molecule has 1 aliphatic rings. The fraction of sp³-hybridized carbons (Fsp3) is 0.400. The lowest BCUT2D eigenvalue weighted by molar-refractivity contribution is 0.587. The lowest BCUT2D eigenvalue weighted by Gasteiger charge is -2.13. The van der Waals surface area contributed by atoms with Gasteiger partial charge in [0.15, 0.2) is 9.84 Å². The normalized spacial score (nSPS) is 22.8. The van der Waals surface area contributed by atoms with E-state index < -0.39 is 25.1 Å². The van der Waals surface area contributed by atoms with Gasteiger partial charge in [0, 0.05) is 0 Å². The average molecular weight is 310 g/mol. The van der Waals surface area contributed by atoms with Crippen molar-refractivity contribution in [2.75, 3.05) is 16.2 Å². The predicted octanol–water partition coefficient (Wildman–Crippen LogP) is 1.27. The number of halogens is 1. The molecule has 0 aliphatic carbocycles. The third kappa shape index (κ3) is 2.96. The summed E-state index contributed by atoms with van der Waals surface area (Å²) in [6.45, 7) is 0. The molecule has 0 aromatic heterocycles. The smallest absolute Gasteiger partial charge is 0.236 e. The van der Waals surface area contributed by atoms with Crippen molar-refractivity contribution >= 4 is 37.1 Å². The van der Waals surface area contributed by atoms with Crippen LogP contribution in [0, 0.1) is 0 Å². The van der Waals surface area contributed by atoms with Crippen LogP contribution in [-0.4, -0.2) is 33.6 Å². The Morgan fingerprint density at radius 3 is 2.50 bits per heavy atom. The Hall–Kier alpha value is -0.790. The molecule has 1 fully saturated rings. The molecule has 1 aromatic rings. The van der Waals surface area contributed by atoms with Crippen LogP contribution >= 0.6 is 11.6 Å². The van der Waals surface area contributed by atoms with Crippen molar-refractivity contribution in [3.05, 3.63) is 29.3 Å². The van der Waals surface area contributed by atoms with Crippen molar-refractivity contribution in [3.63, 3.8) is 0 Å². The van der Waals surface area contributed by atoms with Crippen LogP contribution in [0.1, 0.15) is 6.42 Å². The first-order valence-electron chi connectivity index (χ1n) is 5.27. The molecule has 1 aliphatic heterocycles. The van der Waals surface area contributed by atoms with Gasteiger partial charge in [-0.1, -0.05) is 23.7 Å². The number of anilines is 1. The number of hydrogen-bond acceptors (Lipinski definition) is 4. The molecule has 5 nitrogen and oxygen atoms in total. The summed E-state index contributed by atoms with van der Waals surface area (Å²) in [6.07, 6.45) is 0.127. The van der Waals surface area contributed by atoms with E-state index in [2.05, 4.69) is 4.72 Å². The number of hydrogen-bond donors (Lipinski definition) is 1. The lowest BCUT2D eigenvalue weighted by atomic mass is 10.3. The van der Waals surface area contributed by atoms with E-state index in [0.29, 0.717) is 0 Å². The topological polar surface area (TPSA) is 80.3 Å². The van der Waals surface area contributed by atoms with E-state index in [0.717, 1.165) is 0 Å². The van der Waals surface area contributed by atoms with E-state index in [4.69, 9.17) is 11.6 Å². The van der Waals surface area contributed by atoms with Crippen LogP contribution in [0.5, 0.6) is 0 Å². The van der Waals surface area contributed by atoms with Crippen molar-refractivity contribution in [2.24, 2.45) is 0 Å². The highest BCUT2D eigenvalue weighted by molar-refractivity contribution is 7.97. The number of rotatable bonds is 3. The van der Waals surface area contributed by atoms with Crippen molar-refractivity contribution in [1.29, 1.82) is 0 Å². The van der Waals surface area contributed by atoms with Gasteiger partial charge < -0.3 is 0 Å². The number of sulfonamides is 1. The number of para-hydroxylation sites is 1. The maximum atomic E-state index is 12.0. The first-order valence-corrected chi connectivity index (χ1v) is 9.01. The van der Waals surface area contributed by atoms with Crippen molar-refractivity contribution in [2.45, 2.75) is 11.7 Å². The second-order valence-corrected chi connectivity index (χ2v) is 8.75. The van der Waals surface area contributed by atoms with Crippen molar-refractivity contribution in [3.8, 4) is 0 Å². The first-order chi connectivity index (χ1) is 8.30. The minimum absolute atomic E-state index is 0.0822. The zero-order valence-corrected chi connectivity index (χ0v) is 11.7. The third-order valence-corrected chi connectivity index (χ3v) is 6.85. The Morgan fingerprint density at radius 1 is 1.28 bits per heavy atom. The molecule has 100 valence electrons. The maximum absolute atomic E-state index is 12.0. The predicted molar refractivity (Wildman–Crippen MR) is 71.1 cm³/mol. The molecule has 1 saturated heterocycles. The van der Waals surface area contributed by atoms with E-state index in [1.165, 1.54) is 6.07 Å². The summed E-state index contributed by atoms with van der Waals surface area (Å²) in [5, 5.41) is -0.624. The van der Waals surface area contributed by atoms with E-state index in [9.17, 15) is 16.8 Å². The van der Waals surface area contributed by atoms with Crippen LogP contribution in [0.2, 0.25) is 5.02 Å². The minimum atomic E-state index is -3.72. The van der Waals surface area contributed by atoms with Gasteiger partial charge in [-0.15, -0.1) is 0 Å². The third-order valence-electron chi connectivity index (χ3n) is 2.76. The highest BCUT2D eigenvalue weighted by atomic mass is 35.5. The molecular weight excluding hydrogens is 298 g/mol. The Labute approximate surface area is 111 Å². The van der Waals surface area contributed by atoms with Gasteiger partial charge in [0.25, 0.3) is 0 Å². The van der Waals surface area contributed by atoms with Gasteiger partial charge in [0.1, 0.15) is 0 Å². The standard InChI is InChI=1S/C10H12ClNO4S2/c11-9-3-1-2-4-10(9)12-18(15,16)8-5-6-17(13,14)7-8/h1-4,8,12H,5-7H2/t8-/m0/s1. The SMILES string of the molecule is O=S1(=O)CC[C@H](S(=O)(=O)Nc2ccccc2Cl)C1. The minimum Gasteiger partial charge on any atom is -0.282 e. The number of sulfone groups is 1. The second-order valence-electron chi connectivity index (χ2n) is 4.15. The van der Waals surface area contributed by atoms with E-state index in [1.807, 2.05) is 0 Å². The molecule has 2 rings (SSSR count). The Morgan fingerprint density at radius 2 is 1.94 bits per heavy atom. The van der Waals surface area contributed by atoms with Gasteiger partial charge in [0.2, 0.25) is 10.0 Å². The monoisotopic (exact) mass is 309 g/mol. The van der Waals surface area contributed by atoms with Gasteiger partial charge in [-0.05, 0) is 18.6 Å². The zero-order valence-electron chi connectivity index (χ0n) is 9.34. The summed E-state index contributed by atoms with van der Waals surface area (Å²) in [5.41, 5.74) is 0.267. The Kier molecular flexibility index (Phi) is 3.57. The molecule has 8 heteroatoms. The summed E-state index contributed by atoms with van der Waals surface area (Å²) in [4.78, 5) is 0. The molecule has 1 aromatic carbocycles. The Balaban J connectivity index is 2.21. The summed E-state index contributed by atoms with van der Waals surface area (Å²) in [7, 11) is -6.95. The molecule has 1 N–H and O–H groups in total. The summed E-state index contributed by atoms with van der Waals surface area (Å²) < 4.78 is 48.9. The average Bonchev–Trinajstić information content (AvgIpc) is 2.63. The maximum Gasteiger partial charge on any atom is 0.236 e. The second kappa shape index (κ2) is 4.71. The summed E-state index contributed by atoms with van der Waals surface area (Å²) >= 11 is 5.85. The fourth-order valence-electron chi connectivity index (χ4n) is 1.79. The van der Waals surface area contributed by atoms with Crippen LogP contribution < -0.4 is 4.72 Å². The summed E-state index contributed by atoms with van der Waals surface area (Å²) in [6, 6.07) is 6.42. The van der Waals surface area contributed by atoms with Crippen LogP contribution in [0.4, 0.5) is 5.69 Å². The fourth-order valence-corrected chi connectivity index (χ4v) is 6.14.